The molecule has 3 heterocycles. The number of hydrogen-bond acceptors (Lipinski definition) is 3. The highest BCUT2D eigenvalue weighted by atomic mass is 15.1. The van der Waals surface area contributed by atoms with Crippen molar-refractivity contribution in [1.82, 2.24) is 20.1 Å². The predicted molar refractivity (Wildman–Crippen MR) is 88.5 cm³/mol. The Morgan fingerprint density at radius 1 is 0.955 bits per heavy atom. The van der Waals surface area contributed by atoms with Gasteiger partial charge in [0.25, 0.3) is 0 Å². The fourth-order valence-electron chi connectivity index (χ4n) is 3.23. The average Bonchev–Trinajstić information content (AvgIpc) is 3.04. The number of rotatable bonds is 3. The van der Waals surface area contributed by atoms with Gasteiger partial charge >= 0.3 is 0 Å². The maximum Gasteiger partial charge on any atom is 0.0650 e. The highest BCUT2D eigenvalue weighted by Gasteiger charge is 2.11. The molecule has 1 aliphatic rings. The SMILES string of the molecule is c1ncc(-c2ccc3[nH]ncc3c2)cc1CN1CCCCC1. The van der Waals surface area contributed by atoms with Crippen LogP contribution in [-0.2, 0) is 6.54 Å². The van der Waals surface area contributed by atoms with Crippen molar-refractivity contribution < 1.29 is 0 Å². The van der Waals surface area contributed by atoms with Crippen LogP contribution in [0.1, 0.15) is 24.8 Å². The molecule has 0 saturated carbocycles. The van der Waals surface area contributed by atoms with Crippen LogP contribution in [0.3, 0.4) is 0 Å². The lowest BCUT2D eigenvalue weighted by atomic mass is 10.0. The third-order valence-corrected chi connectivity index (χ3v) is 4.42. The molecule has 0 bridgehead atoms. The molecule has 0 atom stereocenters. The molecule has 1 fully saturated rings. The number of fused-ring (bicyclic) bond motifs is 1. The Labute approximate surface area is 130 Å². The lowest BCUT2D eigenvalue weighted by Gasteiger charge is -2.26. The third kappa shape index (κ3) is 2.74. The summed E-state index contributed by atoms with van der Waals surface area (Å²) in [5.41, 5.74) is 4.74. The fraction of sp³-hybridized carbons (Fsp3) is 0.333. The second-order valence-electron chi connectivity index (χ2n) is 6.09. The molecule has 2 aromatic heterocycles. The van der Waals surface area contributed by atoms with Gasteiger partial charge in [0.15, 0.2) is 0 Å². The summed E-state index contributed by atoms with van der Waals surface area (Å²) in [5, 5.41) is 8.21. The van der Waals surface area contributed by atoms with Crippen LogP contribution in [0.2, 0.25) is 0 Å². The number of likely N-dealkylation sites (tertiary alicyclic amines) is 1. The van der Waals surface area contributed by atoms with E-state index in [1.54, 1.807) is 0 Å². The van der Waals surface area contributed by atoms with Crippen molar-refractivity contribution in [2.24, 2.45) is 0 Å². The molecule has 1 N–H and O–H groups in total. The number of aromatic amines is 1. The lowest BCUT2D eigenvalue weighted by molar-refractivity contribution is 0.220. The van der Waals surface area contributed by atoms with Gasteiger partial charge in [0.2, 0.25) is 0 Å². The van der Waals surface area contributed by atoms with Crippen LogP contribution >= 0.6 is 0 Å². The highest BCUT2D eigenvalue weighted by Crippen LogP contribution is 2.24. The van der Waals surface area contributed by atoms with Crippen LogP contribution in [-0.4, -0.2) is 33.2 Å². The van der Waals surface area contributed by atoms with Gasteiger partial charge in [-0.3, -0.25) is 15.0 Å². The molecule has 3 aromatic rings. The second kappa shape index (κ2) is 5.89. The minimum Gasteiger partial charge on any atom is -0.299 e. The molecule has 0 radical (unpaired) electrons. The van der Waals surface area contributed by atoms with Crippen LogP contribution in [0.15, 0.2) is 42.9 Å². The molecule has 1 saturated heterocycles. The summed E-state index contributed by atoms with van der Waals surface area (Å²) in [7, 11) is 0. The number of pyridine rings is 1. The van der Waals surface area contributed by atoms with E-state index in [2.05, 4.69) is 44.3 Å². The zero-order valence-corrected chi connectivity index (χ0v) is 12.6. The maximum absolute atomic E-state index is 4.44. The van der Waals surface area contributed by atoms with Gasteiger partial charge in [-0.1, -0.05) is 12.5 Å². The quantitative estimate of drug-likeness (QED) is 0.802. The van der Waals surface area contributed by atoms with Gasteiger partial charge in [0.05, 0.1) is 11.7 Å². The van der Waals surface area contributed by atoms with Crippen molar-refractivity contribution in [1.29, 1.82) is 0 Å². The Balaban J connectivity index is 1.60. The summed E-state index contributed by atoms with van der Waals surface area (Å²) < 4.78 is 0. The molecule has 0 unspecified atom stereocenters. The molecule has 22 heavy (non-hydrogen) atoms. The van der Waals surface area contributed by atoms with Gasteiger partial charge in [0.1, 0.15) is 0 Å². The standard InChI is InChI=1S/C18H20N4/c1-2-6-22(7-3-1)13-14-8-16(11-19-10-14)15-4-5-18-17(9-15)12-20-21-18/h4-5,8-12H,1-3,6-7,13H2,(H,20,21). The average molecular weight is 292 g/mol. The van der Waals surface area contributed by atoms with Crippen molar-refractivity contribution in [3.05, 3.63) is 48.4 Å². The Kier molecular flexibility index (Phi) is 3.60. The number of nitrogens with one attached hydrogen (secondary N) is 1. The van der Waals surface area contributed by atoms with Crippen LogP contribution < -0.4 is 0 Å². The number of piperidine rings is 1. The van der Waals surface area contributed by atoms with Crippen LogP contribution in [0.4, 0.5) is 0 Å². The predicted octanol–water partition coefficient (Wildman–Crippen LogP) is 3.61. The van der Waals surface area contributed by atoms with Gasteiger partial charge in [-0.2, -0.15) is 5.10 Å². The molecular weight excluding hydrogens is 272 g/mol. The van der Waals surface area contributed by atoms with E-state index in [4.69, 9.17) is 0 Å². The molecule has 4 rings (SSSR count). The van der Waals surface area contributed by atoms with Gasteiger partial charge in [-0.25, -0.2) is 0 Å². The Hall–Kier alpha value is -2.20. The van der Waals surface area contributed by atoms with Crippen molar-refractivity contribution in [3.8, 4) is 11.1 Å². The van der Waals surface area contributed by atoms with Gasteiger partial charge in [-0.05, 0) is 55.3 Å². The molecule has 4 nitrogen and oxygen atoms in total. The normalized spacial score (nSPS) is 16.2. The topological polar surface area (TPSA) is 44.8 Å². The summed E-state index contributed by atoms with van der Waals surface area (Å²) in [6.45, 7) is 3.44. The first-order valence-electron chi connectivity index (χ1n) is 7.98. The summed E-state index contributed by atoms with van der Waals surface area (Å²) in [6, 6.07) is 8.64. The second-order valence-corrected chi connectivity index (χ2v) is 6.09. The number of aromatic nitrogens is 3. The van der Waals surface area contributed by atoms with E-state index in [1.807, 2.05) is 18.6 Å². The first-order valence-corrected chi connectivity index (χ1v) is 7.98. The fourth-order valence-corrected chi connectivity index (χ4v) is 3.23. The number of H-pyrrole nitrogens is 1. The van der Waals surface area contributed by atoms with Crippen molar-refractivity contribution in [2.45, 2.75) is 25.8 Å². The molecular formula is C18H20N4. The number of nitrogens with zero attached hydrogens (tertiary/aromatic N) is 3. The van der Waals surface area contributed by atoms with Gasteiger partial charge < -0.3 is 0 Å². The molecule has 1 aromatic carbocycles. The highest BCUT2D eigenvalue weighted by molar-refractivity contribution is 5.83. The van der Waals surface area contributed by atoms with Crippen molar-refractivity contribution in [2.75, 3.05) is 13.1 Å². The van der Waals surface area contributed by atoms with E-state index in [9.17, 15) is 0 Å². The van der Waals surface area contributed by atoms with E-state index in [-0.39, 0.29) is 0 Å². The molecule has 4 heteroatoms. The number of hydrogen-bond donors (Lipinski definition) is 1. The maximum atomic E-state index is 4.44. The lowest BCUT2D eigenvalue weighted by Crippen LogP contribution is -2.29. The van der Waals surface area contributed by atoms with Crippen LogP contribution in [0.25, 0.3) is 22.0 Å². The first-order chi connectivity index (χ1) is 10.9. The smallest absolute Gasteiger partial charge is 0.0650 e. The van der Waals surface area contributed by atoms with Gasteiger partial charge in [0, 0.05) is 29.9 Å². The zero-order valence-electron chi connectivity index (χ0n) is 12.6. The molecule has 0 amide bonds. The summed E-state index contributed by atoms with van der Waals surface area (Å²) >= 11 is 0. The monoisotopic (exact) mass is 292 g/mol. The first kappa shape index (κ1) is 13.5. The van der Waals surface area contributed by atoms with Crippen molar-refractivity contribution >= 4 is 10.9 Å². The zero-order chi connectivity index (χ0) is 14.8. The summed E-state index contributed by atoms with van der Waals surface area (Å²) in [5.74, 6) is 0. The Morgan fingerprint density at radius 2 is 1.86 bits per heavy atom. The minimum absolute atomic E-state index is 1.01. The minimum atomic E-state index is 1.01. The summed E-state index contributed by atoms with van der Waals surface area (Å²) in [6.07, 6.45) is 9.83. The molecule has 0 spiro atoms. The molecule has 1 aliphatic heterocycles. The third-order valence-electron chi connectivity index (χ3n) is 4.42. The van der Waals surface area contributed by atoms with Crippen molar-refractivity contribution in [3.63, 3.8) is 0 Å². The molecule has 112 valence electrons. The van der Waals surface area contributed by atoms with Gasteiger partial charge in [-0.15, -0.1) is 0 Å². The largest absolute Gasteiger partial charge is 0.299 e. The summed E-state index contributed by atoms with van der Waals surface area (Å²) in [4.78, 5) is 6.98. The Morgan fingerprint density at radius 3 is 2.77 bits per heavy atom. The van der Waals surface area contributed by atoms with E-state index in [0.29, 0.717) is 0 Å². The van der Waals surface area contributed by atoms with Crippen LogP contribution in [0.5, 0.6) is 0 Å². The van der Waals surface area contributed by atoms with E-state index < -0.39 is 0 Å². The number of benzene rings is 1. The Bertz CT molecular complexity index is 771. The van der Waals surface area contributed by atoms with E-state index in [0.717, 1.165) is 17.4 Å². The van der Waals surface area contributed by atoms with E-state index >= 15 is 0 Å². The van der Waals surface area contributed by atoms with E-state index in [1.165, 1.54) is 49.0 Å². The molecule has 0 aliphatic carbocycles. The van der Waals surface area contributed by atoms with Crippen LogP contribution in [0, 0.1) is 0 Å².